The number of thiophene rings is 4. The van der Waals surface area contributed by atoms with Crippen LogP contribution in [0.4, 0.5) is 0 Å². The fraction of sp³-hybridized carbons (Fsp3) is 0.0952. The van der Waals surface area contributed by atoms with E-state index in [1.54, 1.807) is 0 Å². The van der Waals surface area contributed by atoms with E-state index in [1.807, 2.05) is 51.4 Å². The molecule has 2 nitrogen and oxygen atoms in total. The minimum Gasteiger partial charge on any atom is -0.455 e. The minimum absolute atomic E-state index is 0.688. The molecule has 19 aromatic carbocycles. The average molecular weight is 1770 g/mol. The van der Waals surface area contributed by atoms with E-state index in [4.69, 9.17) is 8.83 Å². The first kappa shape index (κ1) is 84.5. The number of hydrogen-bond acceptors (Lipinski definition) is 6. The molecule has 0 unspecified atom stereocenters. The number of hydrogen-bond donors (Lipinski definition) is 0. The van der Waals surface area contributed by atoms with Crippen LogP contribution in [-0.4, -0.2) is 0 Å². The molecule has 26 rings (SSSR count). The van der Waals surface area contributed by atoms with Crippen LogP contribution >= 0.6 is 45.3 Å². The van der Waals surface area contributed by atoms with E-state index in [9.17, 15) is 0 Å². The summed E-state index contributed by atoms with van der Waals surface area (Å²) in [6.45, 7) is 12.8. The summed E-state index contributed by atoms with van der Waals surface area (Å²) in [5, 5.41) is 15.8. The Bertz CT molecular complexity index is 8280. The van der Waals surface area contributed by atoms with E-state index in [2.05, 4.69) is 454 Å². The third-order valence-corrected chi connectivity index (χ3v) is 30.8. The highest BCUT2D eigenvalue weighted by molar-refractivity contribution is 7.27. The van der Waals surface area contributed by atoms with Gasteiger partial charge in [-0.3, -0.25) is 0 Å². The van der Waals surface area contributed by atoms with Crippen LogP contribution in [0.5, 0.6) is 0 Å². The zero-order chi connectivity index (χ0) is 89.1. The van der Waals surface area contributed by atoms with Gasteiger partial charge in [-0.1, -0.05) is 424 Å². The van der Waals surface area contributed by atoms with Crippen LogP contribution in [0, 0.1) is 41.5 Å². The summed E-state index contributed by atoms with van der Waals surface area (Å²) >= 11 is 7.53. The van der Waals surface area contributed by atoms with Crippen LogP contribution < -0.4 is 0 Å². The van der Waals surface area contributed by atoms with E-state index < -0.39 is 0 Å². The lowest BCUT2D eigenvalue weighted by Gasteiger charge is -2.21. The molecule has 0 bridgehead atoms. The van der Waals surface area contributed by atoms with Crippen molar-refractivity contribution in [3.63, 3.8) is 0 Å². The number of para-hydroxylation sites is 4. The first-order valence-corrected chi connectivity index (χ1v) is 49.2. The van der Waals surface area contributed by atoms with Crippen molar-refractivity contribution in [1.29, 1.82) is 0 Å². The van der Waals surface area contributed by atoms with Crippen molar-refractivity contribution >= 4 is 170 Å². The molecule has 0 spiro atoms. The Hall–Kier alpha value is -14.3. The van der Waals surface area contributed by atoms with Gasteiger partial charge in [-0.2, -0.15) is 0 Å². The molecule has 638 valence electrons. The Labute approximate surface area is 787 Å². The lowest BCUT2D eigenvalue weighted by Crippen LogP contribution is -2.04. The van der Waals surface area contributed by atoms with Gasteiger partial charge >= 0.3 is 0 Å². The van der Waals surface area contributed by atoms with E-state index in [0.717, 1.165) is 44.2 Å². The number of fused-ring (bicyclic) bond motifs is 18. The minimum atomic E-state index is 0.688. The summed E-state index contributed by atoms with van der Waals surface area (Å²) in [7, 11) is 0. The van der Waals surface area contributed by atoms with Gasteiger partial charge in [0.2, 0.25) is 0 Å². The van der Waals surface area contributed by atoms with Gasteiger partial charge in [0.1, 0.15) is 22.3 Å². The highest BCUT2D eigenvalue weighted by Crippen LogP contribution is 2.49. The highest BCUT2D eigenvalue weighted by Gasteiger charge is 2.23. The fourth-order valence-corrected chi connectivity index (χ4v) is 24.2. The second kappa shape index (κ2) is 37.6. The maximum absolute atomic E-state index is 6.45. The van der Waals surface area contributed by atoms with Crippen molar-refractivity contribution in [3.8, 4) is 77.9 Å². The lowest BCUT2D eigenvalue weighted by molar-refractivity contribution is 0.442. The summed E-state index contributed by atoms with van der Waals surface area (Å²) in [5.41, 5.74) is 31.0. The molecular weight excluding hydrogens is 1670 g/mol. The molecule has 1 fully saturated rings. The van der Waals surface area contributed by atoms with Gasteiger partial charge in [-0.25, -0.2) is 0 Å². The van der Waals surface area contributed by atoms with E-state index >= 15 is 0 Å². The number of rotatable bonds is 8. The van der Waals surface area contributed by atoms with Gasteiger partial charge in [0.25, 0.3) is 0 Å². The van der Waals surface area contributed by atoms with E-state index in [1.165, 1.54) is 229 Å². The highest BCUT2D eigenvalue weighted by atomic mass is 32.1. The van der Waals surface area contributed by atoms with Crippen molar-refractivity contribution in [3.05, 3.63) is 458 Å². The van der Waals surface area contributed by atoms with E-state index in [-0.39, 0.29) is 0 Å². The molecule has 1 saturated carbocycles. The second-order valence-electron chi connectivity index (χ2n) is 34.9. The predicted molar refractivity (Wildman–Crippen MR) is 577 cm³/mol. The first-order valence-electron chi connectivity index (χ1n) is 45.9. The summed E-state index contributed by atoms with van der Waals surface area (Å²) < 4.78 is 23.6. The largest absolute Gasteiger partial charge is 0.455 e. The maximum atomic E-state index is 6.45. The molecule has 6 heteroatoms. The van der Waals surface area contributed by atoms with Crippen molar-refractivity contribution < 1.29 is 8.83 Å². The summed E-state index contributed by atoms with van der Waals surface area (Å²) in [6.07, 6.45) is 6.75. The Kier molecular flexibility index (Phi) is 24.1. The van der Waals surface area contributed by atoms with Gasteiger partial charge in [0, 0.05) is 113 Å². The van der Waals surface area contributed by atoms with Crippen molar-refractivity contribution in [2.45, 2.75) is 79.6 Å². The monoisotopic (exact) mass is 1770 g/mol. The Morgan fingerprint density at radius 1 is 0.197 bits per heavy atom. The Balaban J connectivity index is 0.0000000959. The molecule has 0 amide bonds. The third kappa shape index (κ3) is 16.9. The van der Waals surface area contributed by atoms with Crippen LogP contribution in [0.25, 0.3) is 202 Å². The molecule has 6 heterocycles. The standard InChI is InChI=1S/C25H18O.C25H18S.C19H20O.3C19H14S/c2*1-17-13-15-19(16-14-17)21-10-6-12-23-22-11-5-9-20(24(22)26-25(21)23)18-7-3-2-4-8-18;1-13-7-5-11-16-17-12-6-10-15(19(17)20-18(13)16)14-8-3-2-4-9-14;1-13-6-4-7-14(12-13)15-9-5-11-18-19(15)16-8-2-3-10-17(16)20-18;1-13-7-2-3-8-14(13)15-10-6-12-18-19(15)16-9-4-5-11-17(16)20-18;1-13-9-11-14(12-10-13)15-6-4-8-18-19(15)16-5-2-3-7-17(16)20-18/h2*2-16H,1H3;5-7,10-12,14H,2-4,8-9H2,1H3;3*2-12H,1H3. The normalized spacial score (nSPS) is 12.1. The molecule has 132 heavy (non-hydrogen) atoms. The SMILES string of the molecule is Cc1ccc(-c2cccc3c2oc2c(-c4ccccc4)cccc23)cc1.Cc1ccc(-c2cccc3c2sc2c(-c4ccccc4)cccc23)cc1.Cc1ccc(-c2cccc3sc4ccccc4c23)cc1.Cc1cccc(-c2cccc3sc4ccccc4c23)c1.Cc1cccc2c1oc1c(C3CCCCC3)cccc12.Cc1ccccc1-c1cccc2sc3ccccc3c12. The van der Waals surface area contributed by atoms with Gasteiger partial charge in [0.15, 0.2) is 0 Å². The summed E-state index contributed by atoms with van der Waals surface area (Å²) in [5.74, 6) is 0.688. The summed E-state index contributed by atoms with van der Waals surface area (Å²) in [4.78, 5) is 0. The van der Waals surface area contributed by atoms with Crippen LogP contribution in [0.15, 0.2) is 427 Å². The van der Waals surface area contributed by atoms with Gasteiger partial charge in [0.05, 0.1) is 0 Å². The topological polar surface area (TPSA) is 26.3 Å². The third-order valence-electron chi connectivity index (χ3n) is 26.1. The van der Waals surface area contributed by atoms with Gasteiger partial charge in [-0.05, 0) is 180 Å². The smallest absolute Gasteiger partial charge is 0.143 e. The number of benzene rings is 19. The second-order valence-corrected chi connectivity index (χ2v) is 39.2. The molecule has 0 atom stereocenters. The summed E-state index contributed by atoms with van der Waals surface area (Å²) in [6, 6.07) is 150. The number of furan rings is 2. The maximum Gasteiger partial charge on any atom is 0.143 e. The first-order chi connectivity index (χ1) is 65.0. The molecule has 25 aromatic rings. The molecule has 0 radical (unpaired) electrons. The molecule has 0 saturated heterocycles. The van der Waals surface area contributed by atoms with Gasteiger partial charge in [-0.15, -0.1) is 45.3 Å². The molecule has 6 aromatic heterocycles. The molecule has 1 aliphatic rings. The van der Waals surface area contributed by atoms with Crippen LogP contribution in [0.1, 0.15) is 77.0 Å². The fourth-order valence-electron chi connectivity index (χ4n) is 19.4. The molecular formula is C126H98O2S4. The molecule has 0 N–H and O–H groups in total. The van der Waals surface area contributed by atoms with Crippen LogP contribution in [0.2, 0.25) is 0 Å². The molecule has 1 aliphatic carbocycles. The van der Waals surface area contributed by atoms with Gasteiger partial charge < -0.3 is 8.83 Å². The quantitative estimate of drug-likeness (QED) is 0.152. The van der Waals surface area contributed by atoms with Crippen LogP contribution in [0.3, 0.4) is 0 Å². The Morgan fingerprint density at radius 3 is 1.02 bits per heavy atom. The molecule has 0 aliphatic heterocycles. The Morgan fingerprint density at radius 2 is 0.515 bits per heavy atom. The zero-order valence-electron chi connectivity index (χ0n) is 74.9. The van der Waals surface area contributed by atoms with Crippen molar-refractivity contribution in [1.82, 2.24) is 0 Å². The van der Waals surface area contributed by atoms with E-state index in [0.29, 0.717) is 5.92 Å². The van der Waals surface area contributed by atoms with Crippen molar-refractivity contribution in [2.24, 2.45) is 0 Å². The number of aryl methyl sites for hydroxylation is 6. The predicted octanol–water partition coefficient (Wildman–Crippen LogP) is 39.0. The average Bonchev–Trinajstić information content (AvgIpc) is 1.59. The van der Waals surface area contributed by atoms with Crippen molar-refractivity contribution in [2.75, 3.05) is 0 Å². The zero-order valence-corrected chi connectivity index (χ0v) is 78.2. The lowest BCUT2D eigenvalue weighted by atomic mass is 9.83. The van der Waals surface area contributed by atoms with Crippen LogP contribution in [-0.2, 0) is 0 Å².